The van der Waals surface area contributed by atoms with Gasteiger partial charge in [-0.3, -0.25) is 4.79 Å². The Morgan fingerprint density at radius 3 is 2.33 bits per heavy atom. The lowest BCUT2D eigenvalue weighted by Crippen LogP contribution is -2.43. The Kier molecular flexibility index (Phi) is 9.83. The zero-order valence-electron chi connectivity index (χ0n) is 19.2. The fraction of sp³-hybridized carbons (Fsp3) is 0.435. The Labute approximate surface area is 203 Å². The minimum atomic E-state index is -5.08. The van der Waals surface area contributed by atoms with Crippen molar-refractivity contribution < 1.29 is 47.0 Å². The number of hydrogen-bond acceptors (Lipinski definition) is 8. The predicted molar refractivity (Wildman–Crippen MR) is 120 cm³/mol. The number of amides is 1. The smallest absolute Gasteiger partial charge is 0.490 e. The molecular formula is C23H24F3N3O7. The van der Waals surface area contributed by atoms with Crippen LogP contribution in [0, 0.1) is 5.92 Å². The van der Waals surface area contributed by atoms with Crippen LogP contribution in [0.25, 0.3) is 0 Å². The summed E-state index contributed by atoms with van der Waals surface area (Å²) in [6.45, 7) is 1.54. The molecule has 2 aliphatic heterocycles. The molecule has 0 spiro atoms. The number of carboxylic acids is 1. The zero-order chi connectivity index (χ0) is 26.9. The first-order chi connectivity index (χ1) is 17.0. The number of rotatable bonds is 5. The number of allylic oxidation sites excluding steroid dienone is 1. The fourth-order valence-electron chi connectivity index (χ4n) is 3.66. The molecule has 0 unspecified atom stereocenters. The molecule has 1 aromatic carbocycles. The minimum Gasteiger partial charge on any atom is -0.496 e. The van der Waals surface area contributed by atoms with Crippen LogP contribution in [0.1, 0.15) is 36.0 Å². The van der Waals surface area contributed by atoms with Crippen LogP contribution in [0.4, 0.5) is 18.9 Å². The van der Waals surface area contributed by atoms with Gasteiger partial charge in [-0.1, -0.05) is 0 Å². The molecule has 13 heteroatoms. The second-order valence-electron chi connectivity index (χ2n) is 7.93. The van der Waals surface area contributed by atoms with E-state index in [0.29, 0.717) is 24.2 Å². The Balaban J connectivity index is 0.000000572. The summed E-state index contributed by atoms with van der Waals surface area (Å²) < 4.78 is 37.2. The van der Waals surface area contributed by atoms with E-state index in [9.17, 15) is 32.3 Å². The molecule has 2 saturated heterocycles. The zero-order valence-corrected chi connectivity index (χ0v) is 19.2. The second kappa shape index (κ2) is 12.6. The highest BCUT2D eigenvalue weighted by Gasteiger charge is 2.38. The highest BCUT2D eigenvalue weighted by atomic mass is 19.4. The van der Waals surface area contributed by atoms with E-state index in [0.717, 1.165) is 37.9 Å². The van der Waals surface area contributed by atoms with Gasteiger partial charge in [-0.2, -0.15) is 13.2 Å². The summed E-state index contributed by atoms with van der Waals surface area (Å²) in [6.07, 6.45) is -1.67. The summed E-state index contributed by atoms with van der Waals surface area (Å²) >= 11 is 0. The van der Waals surface area contributed by atoms with Crippen molar-refractivity contribution in [1.82, 2.24) is 10.6 Å². The number of halogens is 3. The summed E-state index contributed by atoms with van der Waals surface area (Å²) in [7, 11) is 1.49. The molecule has 194 valence electrons. The van der Waals surface area contributed by atoms with E-state index in [1.165, 1.54) is 7.11 Å². The summed E-state index contributed by atoms with van der Waals surface area (Å²) in [5.41, 5.74) is 1.66. The van der Waals surface area contributed by atoms with Crippen LogP contribution in [0.5, 0.6) is 5.75 Å². The number of anilines is 1. The Bertz CT molecular complexity index is 1080. The van der Waals surface area contributed by atoms with Crippen LogP contribution in [0.15, 0.2) is 29.6 Å². The number of hydrogen-bond donors (Lipinski definition) is 3. The molecule has 3 N–H and O–H groups in total. The maximum atomic E-state index is 12.8. The van der Waals surface area contributed by atoms with E-state index in [1.807, 2.05) is 6.07 Å². The summed E-state index contributed by atoms with van der Waals surface area (Å²) in [5, 5.41) is 12.6. The number of piperidine rings is 2. The third kappa shape index (κ3) is 7.46. The first kappa shape index (κ1) is 28.2. The maximum absolute atomic E-state index is 12.8. The average Bonchev–Trinajstić information content (AvgIpc) is 2.88. The molecule has 0 aromatic heterocycles. The van der Waals surface area contributed by atoms with Crippen molar-refractivity contribution in [2.24, 2.45) is 5.92 Å². The van der Waals surface area contributed by atoms with Gasteiger partial charge in [0.25, 0.3) is 5.91 Å². The van der Waals surface area contributed by atoms with Gasteiger partial charge in [0, 0.05) is 37.2 Å². The van der Waals surface area contributed by atoms with E-state index in [-0.39, 0.29) is 23.2 Å². The third-order valence-electron chi connectivity index (χ3n) is 5.62. The predicted octanol–water partition coefficient (Wildman–Crippen LogP) is 1.66. The largest absolute Gasteiger partial charge is 0.496 e. The fourth-order valence-corrected chi connectivity index (χ4v) is 3.66. The van der Waals surface area contributed by atoms with Gasteiger partial charge >= 0.3 is 12.1 Å². The van der Waals surface area contributed by atoms with Gasteiger partial charge in [-0.05, 0) is 31.4 Å². The molecule has 0 bridgehead atoms. The normalized spacial score (nSPS) is 18.0. The molecule has 36 heavy (non-hydrogen) atoms. The third-order valence-corrected chi connectivity index (χ3v) is 5.62. The van der Waals surface area contributed by atoms with Crippen molar-refractivity contribution in [2.45, 2.75) is 37.9 Å². The standard InChI is InChI=1S/C21H23N3O5.C2HF3O2/c1-29-20-10-16(24-8-6-14(11-25)7-9-24)3-4-17(20)21(28)23-18-5-2-15(12-26)22-19(18)13-27;3-2(4,5)1(6)7/h3-4,10-11,14,18,22H,2,5-9H2,1H3,(H,23,28);(H,6,7)/t18-;/m0./s1. The molecule has 2 heterocycles. The van der Waals surface area contributed by atoms with Crippen molar-refractivity contribution in [3.63, 3.8) is 0 Å². The van der Waals surface area contributed by atoms with Crippen LogP contribution in [0.2, 0.25) is 0 Å². The van der Waals surface area contributed by atoms with Gasteiger partial charge < -0.3 is 30.2 Å². The van der Waals surface area contributed by atoms with E-state index in [2.05, 4.69) is 15.5 Å². The van der Waals surface area contributed by atoms with Gasteiger partial charge in [-0.25, -0.2) is 14.4 Å². The first-order valence-corrected chi connectivity index (χ1v) is 10.8. The summed E-state index contributed by atoms with van der Waals surface area (Å²) in [4.78, 5) is 56.7. The number of carbonyl (C=O) groups excluding carboxylic acids is 4. The maximum Gasteiger partial charge on any atom is 0.490 e. The Hall–Kier alpha value is -4.08. The monoisotopic (exact) mass is 511 g/mol. The Morgan fingerprint density at radius 2 is 1.83 bits per heavy atom. The number of methoxy groups -OCH3 is 1. The quantitative estimate of drug-likeness (QED) is 0.397. The van der Waals surface area contributed by atoms with Gasteiger partial charge in [0.2, 0.25) is 0 Å². The molecule has 10 nitrogen and oxygen atoms in total. The van der Waals surface area contributed by atoms with E-state index < -0.39 is 18.2 Å². The van der Waals surface area contributed by atoms with Crippen LogP contribution in [0.3, 0.4) is 0 Å². The summed E-state index contributed by atoms with van der Waals surface area (Å²) in [6, 6.07) is 4.77. The van der Waals surface area contributed by atoms with E-state index in [1.54, 1.807) is 24.0 Å². The molecule has 0 saturated carbocycles. The van der Waals surface area contributed by atoms with Crippen molar-refractivity contribution in [2.75, 3.05) is 25.1 Å². The number of nitrogens with one attached hydrogen (secondary N) is 2. The number of alkyl halides is 3. The van der Waals surface area contributed by atoms with Crippen LogP contribution in [-0.2, 0) is 19.2 Å². The van der Waals surface area contributed by atoms with Crippen molar-refractivity contribution >= 4 is 35.7 Å². The lowest BCUT2D eigenvalue weighted by atomic mass is 9.98. The van der Waals surface area contributed by atoms with Crippen molar-refractivity contribution in [3.8, 4) is 5.75 Å². The van der Waals surface area contributed by atoms with E-state index in [4.69, 9.17) is 14.6 Å². The lowest BCUT2D eigenvalue weighted by Gasteiger charge is -2.32. The Morgan fingerprint density at radius 1 is 1.19 bits per heavy atom. The first-order valence-electron chi connectivity index (χ1n) is 10.8. The number of carboxylic acid groups (broad SMARTS) is 1. The molecular weight excluding hydrogens is 487 g/mol. The van der Waals surface area contributed by atoms with Gasteiger partial charge in [0.1, 0.15) is 35.3 Å². The van der Waals surface area contributed by atoms with Gasteiger partial charge in [-0.15, -0.1) is 0 Å². The average molecular weight is 511 g/mol. The molecule has 1 aromatic rings. The number of aldehydes is 1. The van der Waals surface area contributed by atoms with Gasteiger partial charge in [0.15, 0.2) is 0 Å². The van der Waals surface area contributed by atoms with Gasteiger partial charge in [0.05, 0.1) is 18.7 Å². The number of ether oxygens (including phenoxy) is 1. The highest BCUT2D eigenvalue weighted by molar-refractivity contribution is 5.98. The topological polar surface area (TPSA) is 142 Å². The highest BCUT2D eigenvalue weighted by Crippen LogP contribution is 2.29. The van der Waals surface area contributed by atoms with Crippen LogP contribution >= 0.6 is 0 Å². The molecule has 1 atom stereocenters. The molecule has 1 amide bonds. The summed E-state index contributed by atoms with van der Waals surface area (Å²) in [5.74, 6) is 0.868. The molecule has 2 aliphatic rings. The number of aliphatic carboxylic acids is 1. The minimum absolute atomic E-state index is 0.108. The van der Waals surface area contributed by atoms with Crippen molar-refractivity contribution in [1.29, 1.82) is 0 Å². The van der Waals surface area contributed by atoms with Crippen LogP contribution < -0.4 is 20.3 Å². The van der Waals surface area contributed by atoms with E-state index >= 15 is 0 Å². The van der Waals surface area contributed by atoms with Crippen molar-refractivity contribution in [3.05, 3.63) is 35.2 Å². The molecule has 0 radical (unpaired) electrons. The number of nitrogens with zero attached hydrogens (tertiary/aromatic N) is 1. The number of benzene rings is 1. The molecule has 2 fully saturated rings. The molecule has 3 rings (SSSR count). The lowest BCUT2D eigenvalue weighted by molar-refractivity contribution is -0.192. The van der Waals surface area contributed by atoms with Crippen LogP contribution in [-0.4, -0.2) is 67.6 Å². The molecule has 0 aliphatic carbocycles. The SMILES string of the molecule is COc1cc(N2CCC(C=O)CC2)ccc1C(=O)N[C@H]1CCC(=C=O)NC1=C=O.O=C(O)C(F)(F)F. The second-order valence-corrected chi connectivity index (χ2v) is 7.93. The number of carbonyl (C=O) groups is 3.